The number of benzene rings is 2. The van der Waals surface area contributed by atoms with E-state index in [2.05, 4.69) is 9.72 Å². The molecule has 0 fully saturated rings. The largest absolute Gasteiger partial charge is 0.573 e. The summed E-state index contributed by atoms with van der Waals surface area (Å²) in [6.45, 7) is 0.0855. The first-order chi connectivity index (χ1) is 14.1. The number of halogens is 3. The minimum absolute atomic E-state index is 0.0855. The fraction of sp³-hybridized carbons (Fsp3) is 0.158. The smallest absolute Gasteiger partial charge is 0.406 e. The number of nitro groups is 1. The van der Waals surface area contributed by atoms with E-state index in [4.69, 9.17) is 0 Å². The summed E-state index contributed by atoms with van der Waals surface area (Å²) in [5.41, 5.74) is 0.660. The van der Waals surface area contributed by atoms with Crippen molar-refractivity contribution >= 4 is 11.6 Å². The predicted molar refractivity (Wildman–Crippen MR) is 99.1 cm³/mol. The lowest BCUT2D eigenvalue weighted by atomic mass is 10.1. The fourth-order valence-electron chi connectivity index (χ4n) is 2.79. The van der Waals surface area contributed by atoms with Gasteiger partial charge in [-0.2, -0.15) is 0 Å². The first-order valence-corrected chi connectivity index (χ1v) is 8.51. The molecule has 11 heteroatoms. The summed E-state index contributed by atoms with van der Waals surface area (Å²) in [7, 11) is 1.48. The monoisotopic (exact) mass is 420 g/mol. The van der Waals surface area contributed by atoms with Crippen molar-refractivity contribution in [1.82, 2.24) is 14.5 Å². The van der Waals surface area contributed by atoms with E-state index >= 15 is 0 Å². The number of hydrogen-bond acceptors (Lipinski definition) is 5. The number of hydrogen-bond donors (Lipinski definition) is 0. The van der Waals surface area contributed by atoms with E-state index in [1.54, 1.807) is 6.20 Å². The lowest BCUT2D eigenvalue weighted by molar-refractivity contribution is -0.384. The van der Waals surface area contributed by atoms with Crippen LogP contribution in [0.4, 0.5) is 18.9 Å². The standard InChI is InChI=1S/C19H15F3N4O4/c1-24(11-13-2-5-15(6-3-13)30-19(20,21)22)18(27)14-4-7-16(17(10-14)26(28)29)25-9-8-23-12-25/h2-10,12H,11H2,1H3. The molecule has 30 heavy (non-hydrogen) atoms. The van der Waals surface area contributed by atoms with Crippen LogP contribution in [0.15, 0.2) is 61.2 Å². The molecule has 0 N–H and O–H groups in total. The van der Waals surface area contributed by atoms with Crippen molar-refractivity contribution in [3.8, 4) is 11.4 Å². The minimum Gasteiger partial charge on any atom is -0.406 e. The van der Waals surface area contributed by atoms with Crippen LogP contribution in [0, 0.1) is 10.1 Å². The SMILES string of the molecule is CN(Cc1ccc(OC(F)(F)F)cc1)C(=O)c1ccc(-n2ccnc2)c([N+](=O)[O-])c1. The van der Waals surface area contributed by atoms with Crippen molar-refractivity contribution in [2.24, 2.45) is 0 Å². The zero-order chi connectivity index (χ0) is 21.9. The Morgan fingerprint density at radius 1 is 1.23 bits per heavy atom. The molecule has 0 aliphatic carbocycles. The van der Waals surface area contributed by atoms with Gasteiger partial charge in [-0.1, -0.05) is 12.1 Å². The van der Waals surface area contributed by atoms with Crippen LogP contribution >= 0.6 is 0 Å². The highest BCUT2D eigenvalue weighted by atomic mass is 19.4. The van der Waals surface area contributed by atoms with Gasteiger partial charge in [0.25, 0.3) is 11.6 Å². The number of rotatable bonds is 6. The number of carbonyl (C=O) groups is 1. The van der Waals surface area contributed by atoms with E-state index in [1.165, 1.54) is 59.4 Å². The first-order valence-electron chi connectivity index (χ1n) is 8.51. The molecule has 0 saturated heterocycles. The minimum atomic E-state index is -4.79. The number of imidazole rings is 1. The fourth-order valence-corrected chi connectivity index (χ4v) is 2.79. The van der Waals surface area contributed by atoms with Crippen molar-refractivity contribution in [2.75, 3.05) is 7.05 Å². The van der Waals surface area contributed by atoms with Crippen LogP contribution in [-0.2, 0) is 6.54 Å². The Morgan fingerprint density at radius 2 is 1.93 bits per heavy atom. The molecule has 1 heterocycles. The molecule has 0 bridgehead atoms. The third kappa shape index (κ3) is 4.93. The van der Waals surface area contributed by atoms with Crippen molar-refractivity contribution in [3.05, 3.63) is 82.4 Å². The van der Waals surface area contributed by atoms with Crippen LogP contribution < -0.4 is 4.74 Å². The summed E-state index contributed by atoms with van der Waals surface area (Å²) in [6.07, 6.45) is -0.363. The lowest BCUT2D eigenvalue weighted by Crippen LogP contribution is -2.26. The molecular weight excluding hydrogens is 405 g/mol. The second-order valence-electron chi connectivity index (χ2n) is 6.28. The molecule has 156 valence electrons. The maximum Gasteiger partial charge on any atom is 0.573 e. The maximum atomic E-state index is 12.7. The van der Waals surface area contributed by atoms with Crippen LogP contribution in [0.25, 0.3) is 5.69 Å². The van der Waals surface area contributed by atoms with Crippen LogP contribution in [0.2, 0.25) is 0 Å². The van der Waals surface area contributed by atoms with Gasteiger partial charge in [-0.05, 0) is 29.8 Å². The van der Waals surface area contributed by atoms with Gasteiger partial charge < -0.3 is 14.2 Å². The summed E-state index contributed by atoms with van der Waals surface area (Å²) in [4.78, 5) is 28.7. The van der Waals surface area contributed by atoms with Gasteiger partial charge in [0.2, 0.25) is 0 Å². The van der Waals surface area contributed by atoms with Crippen LogP contribution in [0.3, 0.4) is 0 Å². The normalized spacial score (nSPS) is 11.2. The highest BCUT2D eigenvalue weighted by molar-refractivity contribution is 5.95. The molecule has 0 atom stereocenters. The van der Waals surface area contributed by atoms with E-state index in [1.807, 2.05) is 0 Å². The van der Waals surface area contributed by atoms with Gasteiger partial charge >= 0.3 is 6.36 Å². The molecule has 0 saturated carbocycles. The molecular formula is C19H15F3N4O4. The lowest BCUT2D eigenvalue weighted by Gasteiger charge is -2.18. The van der Waals surface area contributed by atoms with Gasteiger partial charge in [0.1, 0.15) is 11.4 Å². The van der Waals surface area contributed by atoms with Crippen molar-refractivity contribution < 1.29 is 27.6 Å². The molecule has 3 aromatic rings. The maximum absolute atomic E-state index is 12.7. The van der Waals surface area contributed by atoms with Crippen molar-refractivity contribution in [2.45, 2.75) is 12.9 Å². The van der Waals surface area contributed by atoms with E-state index < -0.39 is 17.2 Å². The average Bonchev–Trinajstić information content (AvgIpc) is 3.22. The Kier molecular flexibility index (Phi) is 5.72. The Morgan fingerprint density at radius 3 is 2.50 bits per heavy atom. The van der Waals surface area contributed by atoms with Gasteiger partial charge in [0.05, 0.1) is 11.3 Å². The van der Waals surface area contributed by atoms with E-state index in [0.29, 0.717) is 5.56 Å². The number of aromatic nitrogens is 2. The molecule has 2 aromatic carbocycles. The van der Waals surface area contributed by atoms with Gasteiger partial charge in [0.15, 0.2) is 0 Å². The third-order valence-corrected chi connectivity index (χ3v) is 4.13. The molecule has 1 amide bonds. The molecule has 0 spiro atoms. The van der Waals surface area contributed by atoms with Gasteiger partial charge in [0, 0.05) is 37.6 Å². The molecule has 0 radical (unpaired) electrons. The third-order valence-electron chi connectivity index (χ3n) is 4.13. The predicted octanol–water partition coefficient (Wildman–Crippen LogP) is 3.95. The molecule has 3 rings (SSSR count). The Hall–Kier alpha value is -3.89. The molecule has 0 aliphatic heterocycles. The average molecular weight is 420 g/mol. The molecule has 0 unspecified atom stereocenters. The summed E-state index contributed by atoms with van der Waals surface area (Å²) < 4.78 is 41.9. The Bertz CT molecular complexity index is 1050. The van der Waals surface area contributed by atoms with Crippen LogP contribution in [-0.4, -0.2) is 38.7 Å². The first kappa shape index (κ1) is 20.8. The quantitative estimate of drug-likeness (QED) is 0.445. The molecule has 0 aliphatic rings. The zero-order valence-electron chi connectivity index (χ0n) is 15.5. The van der Waals surface area contributed by atoms with Gasteiger partial charge in [-0.15, -0.1) is 13.2 Å². The number of ether oxygens (including phenoxy) is 1. The summed E-state index contributed by atoms with van der Waals surface area (Å²) in [6, 6.07) is 9.17. The summed E-state index contributed by atoms with van der Waals surface area (Å²) in [5.74, 6) is -0.850. The van der Waals surface area contributed by atoms with E-state index in [9.17, 15) is 28.1 Å². The van der Waals surface area contributed by atoms with Crippen molar-refractivity contribution in [1.29, 1.82) is 0 Å². The van der Waals surface area contributed by atoms with E-state index in [0.717, 1.165) is 12.1 Å². The van der Waals surface area contributed by atoms with Gasteiger partial charge in [-0.25, -0.2) is 4.98 Å². The Balaban J connectivity index is 1.76. The van der Waals surface area contributed by atoms with Crippen LogP contribution in [0.1, 0.15) is 15.9 Å². The zero-order valence-corrected chi connectivity index (χ0v) is 15.5. The molecule has 8 nitrogen and oxygen atoms in total. The van der Waals surface area contributed by atoms with Crippen LogP contribution in [0.5, 0.6) is 5.75 Å². The second kappa shape index (κ2) is 8.23. The topological polar surface area (TPSA) is 90.5 Å². The summed E-state index contributed by atoms with van der Waals surface area (Å²) >= 11 is 0. The molecule has 1 aromatic heterocycles. The number of amides is 1. The van der Waals surface area contributed by atoms with E-state index in [-0.39, 0.29) is 29.2 Å². The number of carbonyl (C=O) groups excluding carboxylic acids is 1. The Labute approximate surface area is 168 Å². The highest BCUT2D eigenvalue weighted by Crippen LogP contribution is 2.26. The van der Waals surface area contributed by atoms with Crippen molar-refractivity contribution in [3.63, 3.8) is 0 Å². The number of nitro benzene ring substituents is 1. The highest BCUT2D eigenvalue weighted by Gasteiger charge is 2.31. The van der Waals surface area contributed by atoms with Gasteiger partial charge in [-0.3, -0.25) is 14.9 Å². The second-order valence-corrected chi connectivity index (χ2v) is 6.28. The summed E-state index contributed by atoms with van der Waals surface area (Å²) in [5, 5.41) is 11.4. The number of alkyl halides is 3. The number of nitrogens with zero attached hydrogens (tertiary/aromatic N) is 4.